The van der Waals surface area contributed by atoms with Gasteiger partial charge in [-0.15, -0.1) is 0 Å². The van der Waals surface area contributed by atoms with Gasteiger partial charge in [-0.25, -0.2) is 4.39 Å². The van der Waals surface area contributed by atoms with E-state index in [0.717, 1.165) is 16.9 Å². The smallest absolute Gasteiger partial charge is 0.259 e. The van der Waals surface area contributed by atoms with Crippen molar-refractivity contribution in [3.63, 3.8) is 0 Å². The normalized spacial score (nSPS) is 15.7. The molecule has 1 aromatic heterocycles. The molecule has 2 aromatic carbocycles. The van der Waals surface area contributed by atoms with E-state index in [1.807, 2.05) is 38.1 Å². The van der Waals surface area contributed by atoms with Crippen LogP contribution in [0.1, 0.15) is 29.8 Å². The van der Waals surface area contributed by atoms with E-state index in [4.69, 9.17) is 11.6 Å². The molecule has 1 fully saturated rings. The Labute approximate surface area is 192 Å². The van der Waals surface area contributed by atoms with Crippen LogP contribution in [0.25, 0.3) is 0 Å². The number of hydrogen-bond acceptors (Lipinski definition) is 4. The summed E-state index contributed by atoms with van der Waals surface area (Å²) in [5.41, 5.74) is 2.63. The lowest BCUT2D eigenvalue weighted by atomic mass is 9.95. The van der Waals surface area contributed by atoms with Crippen LogP contribution in [0.4, 0.5) is 10.1 Å². The molecule has 0 radical (unpaired) electrons. The fourth-order valence-corrected chi connectivity index (χ4v) is 4.78. The van der Waals surface area contributed by atoms with Crippen molar-refractivity contribution in [1.82, 2.24) is 9.47 Å². The summed E-state index contributed by atoms with van der Waals surface area (Å²) >= 11 is 6.57. The number of piperazine rings is 1. The lowest BCUT2D eigenvalue weighted by Crippen LogP contribution is -2.49. The third kappa shape index (κ3) is 4.25. The minimum absolute atomic E-state index is 0.0110. The van der Waals surface area contributed by atoms with E-state index in [-0.39, 0.29) is 17.1 Å². The monoisotopic (exact) mass is 455 g/mol. The zero-order chi connectivity index (χ0) is 22.8. The topological polar surface area (TPSA) is 48.7 Å². The number of aromatic nitrogens is 1. The molecule has 0 unspecified atom stereocenters. The van der Waals surface area contributed by atoms with Crippen LogP contribution in [-0.4, -0.2) is 40.8 Å². The van der Waals surface area contributed by atoms with Gasteiger partial charge in [-0.2, -0.15) is 0 Å². The Morgan fingerprint density at radius 3 is 2.34 bits per heavy atom. The molecule has 3 aromatic rings. The molecule has 32 heavy (non-hydrogen) atoms. The van der Waals surface area contributed by atoms with E-state index in [1.54, 1.807) is 22.8 Å². The SMILES string of the molecule is CCn1c(C)cc(O)c([C@@H](c2ccccc2Cl)N2CCN(c3ccc(F)cc3)CC2)c1=O. The summed E-state index contributed by atoms with van der Waals surface area (Å²) in [7, 11) is 0. The molecule has 0 spiro atoms. The van der Waals surface area contributed by atoms with Gasteiger partial charge in [0.05, 0.1) is 11.6 Å². The molecular formula is C25H27ClFN3O2. The van der Waals surface area contributed by atoms with Crippen LogP contribution in [0.2, 0.25) is 5.02 Å². The van der Waals surface area contributed by atoms with E-state index in [2.05, 4.69) is 9.80 Å². The second kappa shape index (κ2) is 9.35. The maximum absolute atomic E-state index is 13.4. The highest BCUT2D eigenvalue weighted by atomic mass is 35.5. The summed E-state index contributed by atoms with van der Waals surface area (Å²) in [6.45, 7) is 6.99. The van der Waals surface area contributed by atoms with Gasteiger partial charge >= 0.3 is 0 Å². The first-order valence-electron chi connectivity index (χ1n) is 10.8. The molecule has 7 heteroatoms. The number of aromatic hydroxyl groups is 1. The molecule has 0 bridgehead atoms. The zero-order valence-electron chi connectivity index (χ0n) is 18.3. The number of aryl methyl sites for hydroxylation is 1. The Morgan fingerprint density at radius 2 is 1.72 bits per heavy atom. The first kappa shape index (κ1) is 22.4. The standard InChI is InChI=1S/C25H27ClFN3O2/c1-3-30-17(2)16-22(31)23(25(30)32)24(20-6-4-5-7-21(20)26)29-14-12-28(13-15-29)19-10-8-18(27)9-11-19/h4-11,16,24,31H,3,12-15H2,1-2H3/t24-/m1/s1. The average molecular weight is 456 g/mol. The van der Waals surface area contributed by atoms with Gasteiger partial charge in [0.25, 0.3) is 5.56 Å². The van der Waals surface area contributed by atoms with E-state index in [9.17, 15) is 14.3 Å². The van der Waals surface area contributed by atoms with Crippen LogP contribution in [0.3, 0.4) is 0 Å². The lowest BCUT2D eigenvalue weighted by Gasteiger charge is -2.40. The van der Waals surface area contributed by atoms with Crippen molar-refractivity contribution in [3.05, 3.63) is 92.6 Å². The Hall–Kier alpha value is -2.83. The summed E-state index contributed by atoms with van der Waals surface area (Å²) in [4.78, 5) is 17.8. The van der Waals surface area contributed by atoms with Gasteiger partial charge in [0.15, 0.2) is 0 Å². The third-order valence-corrected chi connectivity index (χ3v) is 6.53. The number of benzene rings is 2. The number of nitrogens with zero attached hydrogens (tertiary/aromatic N) is 3. The summed E-state index contributed by atoms with van der Waals surface area (Å²) < 4.78 is 15.0. The van der Waals surface area contributed by atoms with Gasteiger partial charge in [0, 0.05) is 49.1 Å². The predicted octanol–water partition coefficient (Wildman–Crippen LogP) is 4.59. The van der Waals surface area contributed by atoms with E-state index in [0.29, 0.717) is 43.3 Å². The van der Waals surface area contributed by atoms with E-state index >= 15 is 0 Å². The molecule has 4 rings (SSSR count). The minimum atomic E-state index is -0.468. The number of halogens is 2. The van der Waals surface area contributed by atoms with E-state index in [1.165, 1.54) is 12.1 Å². The van der Waals surface area contributed by atoms with Crippen LogP contribution in [0.5, 0.6) is 5.75 Å². The Kier molecular flexibility index (Phi) is 6.53. The van der Waals surface area contributed by atoms with Crippen LogP contribution >= 0.6 is 11.6 Å². The minimum Gasteiger partial charge on any atom is -0.507 e. The van der Waals surface area contributed by atoms with Crippen molar-refractivity contribution < 1.29 is 9.50 Å². The quantitative estimate of drug-likeness (QED) is 0.611. The average Bonchev–Trinajstić information content (AvgIpc) is 2.78. The molecule has 0 saturated carbocycles. The molecule has 0 amide bonds. The summed E-state index contributed by atoms with van der Waals surface area (Å²) in [5, 5.41) is 11.4. The lowest BCUT2D eigenvalue weighted by molar-refractivity contribution is 0.207. The van der Waals surface area contributed by atoms with Gasteiger partial charge in [0.2, 0.25) is 0 Å². The van der Waals surface area contributed by atoms with Crippen LogP contribution in [-0.2, 0) is 6.54 Å². The number of rotatable bonds is 5. The summed E-state index contributed by atoms with van der Waals surface area (Å²) in [6.07, 6.45) is 0. The largest absolute Gasteiger partial charge is 0.507 e. The molecule has 1 aliphatic heterocycles. The highest BCUT2D eigenvalue weighted by molar-refractivity contribution is 6.31. The highest BCUT2D eigenvalue weighted by Gasteiger charge is 2.32. The number of hydrogen-bond donors (Lipinski definition) is 1. The molecule has 2 heterocycles. The summed E-state index contributed by atoms with van der Waals surface area (Å²) in [6, 6.07) is 15.1. The molecule has 1 atom stereocenters. The fraction of sp³-hybridized carbons (Fsp3) is 0.320. The van der Waals surface area contributed by atoms with Crippen molar-refractivity contribution in [3.8, 4) is 5.75 Å². The first-order chi connectivity index (χ1) is 15.4. The second-order valence-corrected chi connectivity index (χ2v) is 8.46. The van der Waals surface area contributed by atoms with E-state index < -0.39 is 6.04 Å². The third-order valence-electron chi connectivity index (χ3n) is 6.18. The molecule has 1 N–H and O–H groups in total. The number of anilines is 1. The zero-order valence-corrected chi connectivity index (χ0v) is 19.0. The highest BCUT2D eigenvalue weighted by Crippen LogP contribution is 2.36. The van der Waals surface area contributed by atoms with Crippen LogP contribution in [0.15, 0.2) is 59.4 Å². The Bertz CT molecular complexity index is 1150. The molecule has 5 nitrogen and oxygen atoms in total. The fourth-order valence-electron chi connectivity index (χ4n) is 4.54. The van der Waals surface area contributed by atoms with Gasteiger partial charge < -0.3 is 14.6 Å². The second-order valence-electron chi connectivity index (χ2n) is 8.06. The first-order valence-corrected chi connectivity index (χ1v) is 11.2. The van der Waals surface area contributed by atoms with Gasteiger partial charge in [-0.3, -0.25) is 9.69 Å². The molecule has 168 valence electrons. The molecule has 1 saturated heterocycles. The van der Waals surface area contributed by atoms with Gasteiger partial charge in [-0.1, -0.05) is 29.8 Å². The predicted molar refractivity (Wildman–Crippen MR) is 126 cm³/mol. The Morgan fingerprint density at radius 1 is 1.06 bits per heavy atom. The van der Waals surface area contributed by atoms with Crippen molar-refractivity contribution in [2.24, 2.45) is 0 Å². The van der Waals surface area contributed by atoms with Gasteiger partial charge in [-0.05, 0) is 55.8 Å². The van der Waals surface area contributed by atoms with Gasteiger partial charge in [0.1, 0.15) is 11.6 Å². The van der Waals surface area contributed by atoms with Crippen LogP contribution in [0, 0.1) is 12.7 Å². The molecule has 0 aliphatic carbocycles. The van der Waals surface area contributed by atoms with Crippen molar-refractivity contribution in [2.45, 2.75) is 26.4 Å². The maximum atomic E-state index is 13.4. The van der Waals surface area contributed by atoms with Crippen LogP contribution < -0.4 is 10.5 Å². The summed E-state index contributed by atoms with van der Waals surface area (Å²) in [5.74, 6) is -0.267. The molecule has 1 aliphatic rings. The number of pyridine rings is 1. The Balaban J connectivity index is 1.72. The maximum Gasteiger partial charge on any atom is 0.259 e. The van der Waals surface area contributed by atoms with Crippen molar-refractivity contribution in [1.29, 1.82) is 0 Å². The molecular weight excluding hydrogens is 429 g/mol. The van der Waals surface area contributed by atoms with Crippen molar-refractivity contribution >= 4 is 17.3 Å². The van der Waals surface area contributed by atoms with Crippen molar-refractivity contribution in [2.75, 3.05) is 31.1 Å².